The molecule has 1 aromatic carbocycles. The summed E-state index contributed by atoms with van der Waals surface area (Å²) in [6, 6.07) is 7.31. The van der Waals surface area contributed by atoms with Crippen LogP contribution < -0.4 is 21.2 Å². The molecule has 11 heteroatoms. The second-order valence-corrected chi connectivity index (χ2v) is 7.74. The van der Waals surface area contributed by atoms with E-state index in [1.165, 1.54) is 23.4 Å². The lowest BCUT2D eigenvalue weighted by Gasteiger charge is -2.28. The summed E-state index contributed by atoms with van der Waals surface area (Å²) in [4.78, 5) is 35.4. The van der Waals surface area contributed by atoms with E-state index in [2.05, 4.69) is 30.6 Å². The Morgan fingerprint density at radius 2 is 2.08 bits per heavy atom. The van der Waals surface area contributed by atoms with Gasteiger partial charge in [0.25, 0.3) is 5.56 Å². The minimum atomic E-state index is -0.621. The summed E-state index contributed by atoms with van der Waals surface area (Å²) in [6.07, 6.45) is 8.72. The van der Waals surface area contributed by atoms with E-state index in [1.807, 2.05) is 32.9 Å². The van der Waals surface area contributed by atoms with E-state index in [1.54, 1.807) is 42.6 Å². The molecule has 2 atom stereocenters. The summed E-state index contributed by atoms with van der Waals surface area (Å²) >= 11 is 0. The van der Waals surface area contributed by atoms with Crippen LogP contribution in [0.5, 0.6) is 0 Å². The van der Waals surface area contributed by atoms with Crippen LogP contribution in [0.25, 0.3) is 10.9 Å². The highest BCUT2D eigenvalue weighted by atomic mass is 19.1. The van der Waals surface area contributed by atoms with Crippen molar-refractivity contribution in [1.82, 2.24) is 25.3 Å². The fourth-order valence-electron chi connectivity index (χ4n) is 3.91. The van der Waals surface area contributed by atoms with Gasteiger partial charge in [0.15, 0.2) is 5.82 Å². The van der Waals surface area contributed by atoms with Crippen molar-refractivity contribution in [3.8, 4) is 0 Å². The van der Waals surface area contributed by atoms with E-state index in [9.17, 15) is 9.18 Å². The average Bonchev–Trinajstić information content (AvgIpc) is 3.25. The second-order valence-electron chi connectivity index (χ2n) is 7.74. The largest absolute Gasteiger partial charge is 0.360 e. The Labute approximate surface area is 208 Å². The van der Waals surface area contributed by atoms with E-state index < -0.39 is 17.4 Å². The number of amidine groups is 1. The molecule has 2 aliphatic heterocycles. The standard InChI is InChI=1S/C23H22FN9O.C2H6/c1-3-16(30-19-10-18-21(28-12-26-18)29-13-27-19)22-31-17-8-4-7-15(24)20(17)23(34)33(22)32(2)14-6-5-9-25-11-14;1-2/h4-13,16,18,30H,3H2,1-2H3,(H,26,27,28,29);1-2H3. The normalized spacial score (nSPS) is 16.6. The lowest BCUT2D eigenvalue weighted by molar-refractivity contribution is 0.501. The van der Waals surface area contributed by atoms with Gasteiger partial charge >= 0.3 is 0 Å². The molecular weight excluding hydrogens is 461 g/mol. The van der Waals surface area contributed by atoms with Gasteiger partial charge in [0, 0.05) is 13.2 Å². The van der Waals surface area contributed by atoms with Gasteiger partial charge in [0.2, 0.25) is 0 Å². The molecular formula is C25H28FN9O. The lowest BCUT2D eigenvalue weighted by atomic mass is 10.1. The molecule has 0 saturated heterocycles. The third kappa shape index (κ3) is 4.72. The molecule has 0 radical (unpaired) electrons. The first-order chi connectivity index (χ1) is 17.6. The number of hydrogen-bond acceptors (Lipinski definition) is 9. The number of benzene rings is 1. The molecule has 2 aromatic heterocycles. The Morgan fingerprint density at radius 3 is 2.83 bits per heavy atom. The Bertz CT molecular complexity index is 1410. The minimum Gasteiger partial charge on any atom is -0.360 e. The van der Waals surface area contributed by atoms with Gasteiger partial charge in [0.1, 0.15) is 35.2 Å². The van der Waals surface area contributed by atoms with Crippen molar-refractivity contribution in [3.63, 3.8) is 0 Å². The summed E-state index contributed by atoms with van der Waals surface area (Å²) in [5, 5.41) is 7.91. The lowest BCUT2D eigenvalue weighted by Crippen LogP contribution is -2.41. The molecule has 2 N–H and O–H groups in total. The quantitative estimate of drug-likeness (QED) is 0.550. The SMILES string of the molecule is CC.CCC(NC1=CC2N=CN=C2NC=N1)c1nc2cccc(F)c2c(=O)n1N(C)c1cccnc1. The molecule has 0 amide bonds. The number of aliphatic imine (C=N–C) groups is 3. The molecule has 0 spiro atoms. The monoisotopic (exact) mass is 489 g/mol. The van der Waals surface area contributed by atoms with Crippen molar-refractivity contribution in [2.24, 2.45) is 15.0 Å². The van der Waals surface area contributed by atoms with Gasteiger partial charge < -0.3 is 10.6 Å². The molecule has 186 valence electrons. The molecule has 0 fully saturated rings. The molecule has 0 aliphatic carbocycles. The third-order valence-electron chi connectivity index (χ3n) is 5.65. The smallest absolute Gasteiger partial charge is 0.283 e. The van der Waals surface area contributed by atoms with Crippen molar-refractivity contribution in [2.75, 3.05) is 12.1 Å². The zero-order chi connectivity index (χ0) is 25.7. The van der Waals surface area contributed by atoms with Gasteiger partial charge in [-0.25, -0.2) is 24.0 Å². The molecule has 10 nitrogen and oxygen atoms in total. The third-order valence-corrected chi connectivity index (χ3v) is 5.65. The van der Waals surface area contributed by atoms with Crippen LogP contribution in [0, 0.1) is 5.82 Å². The predicted molar refractivity (Wildman–Crippen MR) is 141 cm³/mol. The van der Waals surface area contributed by atoms with Crippen molar-refractivity contribution in [3.05, 3.63) is 76.6 Å². The number of pyridine rings is 1. The first-order valence-corrected chi connectivity index (χ1v) is 11.8. The summed E-state index contributed by atoms with van der Waals surface area (Å²) < 4.78 is 16.1. The number of hydrogen-bond donors (Lipinski definition) is 2. The number of anilines is 1. The van der Waals surface area contributed by atoms with Crippen molar-refractivity contribution >= 4 is 35.1 Å². The first kappa shape index (κ1) is 24.7. The Hall–Kier alpha value is -4.41. The van der Waals surface area contributed by atoms with E-state index in [0.717, 1.165) is 0 Å². The highest BCUT2D eigenvalue weighted by Crippen LogP contribution is 2.23. The highest BCUT2D eigenvalue weighted by Gasteiger charge is 2.25. The fourth-order valence-corrected chi connectivity index (χ4v) is 3.91. The summed E-state index contributed by atoms with van der Waals surface area (Å²) in [6.45, 7) is 5.97. The van der Waals surface area contributed by atoms with Gasteiger partial charge in [-0.15, -0.1) is 0 Å². The summed E-state index contributed by atoms with van der Waals surface area (Å²) in [7, 11) is 1.71. The number of nitrogens with one attached hydrogen (secondary N) is 2. The Morgan fingerprint density at radius 1 is 1.25 bits per heavy atom. The van der Waals surface area contributed by atoms with Gasteiger partial charge in [-0.1, -0.05) is 26.8 Å². The number of fused-ring (bicyclic) bond motifs is 2. The van der Waals surface area contributed by atoms with Crippen LogP contribution in [-0.4, -0.2) is 46.2 Å². The van der Waals surface area contributed by atoms with Crippen LogP contribution in [0.15, 0.2) is 74.4 Å². The zero-order valence-corrected chi connectivity index (χ0v) is 20.6. The molecule has 5 rings (SSSR count). The van der Waals surface area contributed by atoms with Gasteiger partial charge in [0.05, 0.1) is 29.8 Å². The fraction of sp³-hybridized carbons (Fsp3) is 0.280. The van der Waals surface area contributed by atoms with Crippen LogP contribution >= 0.6 is 0 Å². The number of aromatic nitrogens is 3. The van der Waals surface area contributed by atoms with Crippen LogP contribution in [0.1, 0.15) is 39.1 Å². The zero-order valence-electron chi connectivity index (χ0n) is 20.6. The number of nitrogens with zero attached hydrogens (tertiary/aromatic N) is 7. The molecule has 2 aliphatic rings. The molecule has 36 heavy (non-hydrogen) atoms. The molecule has 4 heterocycles. The van der Waals surface area contributed by atoms with Crippen LogP contribution in [0.4, 0.5) is 10.1 Å². The second kappa shape index (κ2) is 10.9. The average molecular weight is 490 g/mol. The summed E-state index contributed by atoms with van der Waals surface area (Å²) in [5.41, 5.74) is 0.417. The summed E-state index contributed by atoms with van der Waals surface area (Å²) in [5.74, 6) is 1.02. The number of halogens is 1. The van der Waals surface area contributed by atoms with Crippen LogP contribution in [0.2, 0.25) is 0 Å². The van der Waals surface area contributed by atoms with Gasteiger partial charge in [-0.05, 0) is 36.8 Å². The molecule has 3 aromatic rings. The number of rotatable bonds is 6. The van der Waals surface area contributed by atoms with E-state index in [4.69, 9.17) is 4.98 Å². The maximum absolute atomic E-state index is 14.7. The molecule has 0 saturated carbocycles. The van der Waals surface area contributed by atoms with E-state index in [-0.39, 0.29) is 16.9 Å². The highest BCUT2D eigenvalue weighted by molar-refractivity contribution is 6.04. The Balaban J connectivity index is 0.00000148. The minimum absolute atomic E-state index is 0.0751. The van der Waals surface area contributed by atoms with Crippen molar-refractivity contribution in [1.29, 1.82) is 0 Å². The van der Waals surface area contributed by atoms with Gasteiger partial charge in [-0.3, -0.25) is 19.8 Å². The molecule has 2 unspecified atom stereocenters. The maximum Gasteiger partial charge on any atom is 0.283 e. The molecule has 0 bridgehead atoms. The van der Waals surface area contributed by atoms with Crippen LogP contribution in [-0.2, 0) is 0 Å². The van der Waals surface area contributed by atoms with Crippen molar-refractivity contribution < 1.29 is 4.39 Å². The predicted octanol–water partition coefficient (Wildman–Crippen LogP) is 3.18. The van der Waals surface area contributed by atoms with Crippen LogP contribution in [0.3, 0.4) is 0 Å². The van der Waals surface area contributed by atoms with Gasteiger partial charge in [-0.2, -0.15) is 0 Å². The Kier molecular flexibility index (Phi) is 7.47. The maximum atomic E-state index is 14.7. The van der Waals surface area contributed by atoms with E-state index >= 15 is 0 Å². The van der Waals surface area contributed by atoms with E-state index in [0.29, 0.717) is 29.6 Å². The van der Waals surface area contributed by atoms with Crippen molar-refractivity contribution in [2.45, 2.75) is 39.3 Å². The topological polar surface area (TPSA) is 112 Å². The first-order valence-electron chi connectivity index (χ1n) is 11.8.